The van der Waals surface area contributed by atoms with Crippen molar-refractivity contribution < 1.29 is 18.7 Å². The van der Waals surface area contributed by atoms with Gasteiger partial charge in [-0.1, -0.05) is 18.2 Å². The molecule has 2 fully saturated rings. The Balaban J connectivity index is 1.50. The minimum atomic E-state index is -0.295. The third-order valence-electron chi connectivity index (χ3n) is 5.77. The Morgan fingerprint density at radius 1 is 1.25 bits per heavy atom. The van der Waals surface area contributed by atoms with E-state index in [4.69, 9.17) is 14.9 Å². The van der Waals surface area contributed by atoms with E-state index in [2.05, 4.69) is 4.98 Å². The normalized spacial score (nSPS) is 24.6. The summed E-state index contributed by atoms with van der Waals surface area (Å²) in [4.78, 5) is 31.1. The third kappa shape index (κ3) is 3.67. The van der Waals surface area contributed by atoms with E-state index < -0.39 is 0 Å². The third-order valence-corrected chi connectivity index (χ3v) is 5.77. The van der Waals surface area contributed by atoms with Gasteiger partial charge in [-0.25, -0.2) is 4.98 Å². The van der Waals surface area contributed by atoms with Gasteiger partial charge in [-0.3, -0.25) is 9.59 Å². The van der Waals surface area contributed by atoms with Crippen LogP contribution in [-0.2, 0) is 20.7 Å². The summed E-state index contributed by atoms with van der Waals surface area (Å²) in [7, 11) is 0. The van der Waals surface area contributed by atoms with E-state index in [-0.39, 0.29) is 36.3 Å². The van der Waals surface area contributed by atoms with Crippen molar-refractivity contribution in [1.29, 1.82) is 0 Å². The zero-order valence-electron chi connectivity index (χ0n) is 16.0. The summed E-state index contributed by atoms with van der Waals surface area (Å²) in [6.07, 6.45) is 2.20. The van der Waals surface area contributed by atoms with Gasteiger partial charge in [-0.15, -0.1) is 0 Å². The van der Waals surface area contributed by atoms with E-state index in [1.165, 1.54) is 0 Å². The first-order valence-corrected chi connectivity index (χ1v) is 9.75. The highest BCUT2D eigenvalue weighted by Crippen LogP contribution is 2.33. The minimum absolute atomic E-state index is 0.0144. The number of morpholine rings is 1. The van der Waals surface area contributed by atoms with Crippen LogP contribution in [0, 0.1) is 12.8 Å². The average molecular weight is 383 g/mol. The minimum Gasteiger partial charge on any atom is -0.441 e. The number of ether oxygens (including phenoxy) is 1. The Kier molecular flexibility index (Phi) is 5.17. The summed E-state index contributed by atoms with van der Waals surface area (Å²) in [5, 5.41) is 0. The molecule has 0 bridgehead atoms. The van der Waals surface area contributed by atoms with Gasteiger partial charge in [-0.05, 0) is 38.3 Å². The maximum absolute atomic E-state index is 13.1. The van der Waals surface area contributed by atoms with Gasteiger partial charge in [0, 0.05) is 18.0 Å². The Bertz CT molecular complexity index is 864. The number of benzene rings is 1. The molecule has 2 heterocycles. The number of hydrogen-bond donors (Lipinski definition) is 1. The first-order valence-electron chi connectivity index (χ1n) is 9.75. The van der Waals surface area contributed by atoms with E-state index in [0.29, 0.717) is 36.9 Å². The number of primary amides is 1. The summed E-state index contributed by atoms with van der Waals surface area (Å²) >= 11 is 0. The van der Waals surface area contributed by atoms with Crippen molar-refractivity contribution in [1.82, 2.24) is 9.88 Å². The number of carbonyl (C=O) groups is 2. The van der Waals surface area contributed by atoms with Crippen LogP contribution in [0.5, 0.6) is 0 Å². The molecule has 148 valence electrons. The van der Waals surface area contributed by atoms with Gasteiger partial charge < -0.3 is 19.8 Å². The Morgan fingerprint density at radius 3 is 2.79 bits per heavy atom. The van der Waals surface area contributed by atoms with Gasteiger partial charge in [0.2, 0.25) is 17.7 Å². The molecule has 1 saturated heterocycles. The van der Waals surface area contributed by atoms with Crippen molar-refractivity contribution in [2.75, 3.05) is 13.2 Å². The molecule has 7 nitrogen and oxygen atoms in total. The molecule has 2 aromatic rings. The molecule has 0 spiro atoms. The number of carbonyl (C=O) groups excluding carboxylic acids is 2. The molecule has 1 aromatic carbocycles. The van der Waals surface area contributed by atoms with Gasteiger partial charge in [0.05, 0.1) is 30.9 Å². The maximum atomic E-state index is 13.1. The van der Waals surface area contributed by atoms with Crippen LogP contribution < -0.4 is 5.73 Å². The largest absolute Gasteiger partial charge is 0.441 e. The van der Waals surface area contributed by atoms with Crippen LogP contribution in [-0.4, -0.2) is 47.0 Å². The summed E-state index contributed by atoms with van der Waals surface area (Å²) in [6, 6.07) is 9.53. The van der Waals surface area contributed by atoms with Crippen molar-refractivity contribution in [2.24, 2.45) is 11.7 Å². The fourth-order valence-corrected chi connectivity index (χ4v) is 4.22. The lowest BCUT2D eigenvalue weighted by Gasteiger charge is -2.45. The number of rotatable bonds is 4. The van der Waals surface area contributed by atoms with Gasteiger partial charge in [0.25, 0.3) is 0 Å². The van der Waals surface area contributed by atoms with E-state index >= 15 is 0 Å². The number of aryl methyl sites for hydroxylation is 1. The molecule has 1 saturated carbocycles. The number of nitrogens with two attached hydrogens (primary N) is 1. The second-order valence-corrected chi connectivity index (χ2v) is 7.54. The lowest BCUT2D eigenvalue weighted by Crippen LogP contribution is -2.57. The first kappa shape index (κ1) is 18.7. The molecule has 0 radical (unpaired) electrons. The smallest absolute Gasteiger partial charge is 0.229 e. The molecule has 4 rings (SSSR count). The van der Waals surface area contributed by atoms with Crippen molar-refractivity contribution in [3.63, 3.8) is 0 Å². The number of nitrogens with zero attached hydrogens (tertiary/aromatic N) is 2. The Morgan fingerprint density at radius 2 is 2.04 bits per heavy atom. The van der Waals surface area contributed by atoms with Crippen LogP contribution in [0.1, 0.15) is 30.7 Å². The lowest BCUT2D eigenvalue weighted by molar-refractivity contribution is -0.153. The summed E-state index contributed by atoms with van der Waals surface area (Å²) in [5.41, 5.74) is 7.04. The maximum Gasteiger partial charge on any atom is 0.229 e. The van der Waals surface area contributed by atoms with Crippen LogP contribution in [0.15, 0.2) is 34.7 Å². The fraction of sp³-hybridized carbons (Fsp3) is 0.476. The monoisotopic (exact) mass is 383 g/mol. The van der Waals surface area contributed by atoms with Gasteiger partial charge >= 0.3 is 0 Å². The molecule has 1 aromatic heterocycles. The number of hydrogen-bond acceptors (Lipinski definition) is 5. The highest BCUT2D eigenvalue weighted by atomic mass is 16.5. The summed E-state index contributed by atoms with van der Waals surface area (Å²) in [6.45, 7) is 2.86. The standard InChI is InChI=1S/C21H25N3O4/c1-13-16(23-21(28-13)14-5-3-2-4-6-14)12-19(25)24-9-10-27-18-8-7-15(20(22)26)11-17(18)24/h2-6,15,17-18H,7-12H2,1H3,(H2,22,26)/t15-,17+,18+/m0/s1. The molecule has 2 N–H and O–H groups in total. The molecule has 28 heavy (non-hydrogen) atoms. The Labute approximate surface area is 163 Å². The van der Waals surface area contributed by atoms with E-state index in [9.17, 15) is 9.59 Å². The quantitative estimate of drug-likeness (QED) is 0.871. The molecule has 1 aliphatic carbocycles. The zero-order valence-corrected chi connectivity index (χ0v) is 16.0. The van der Waals surface area contributed by atoms with Crippen LogP contribution in [0.2, 0.25) is 0 Å². The predicted octanol–water partition coefficient (Wildman–Crippen LogP) is 2.07. The average Bonchev–Trinajstić information content (AvgIpc) is 3.08. The SMILES string of the molecule is Cc1oc(-c2ccccc2)nc1CC(=O)N1CCO[C@@H]2CC[C@H](C(N)=O)C[C@H]21. The molecule has 1 aliphatic heterocycles. The highest BCUT2D eigenvalue weighted by molar-refractivity contribution is 5.80. The number of aromatic nitrogens is 1. The number of amides is 2. The van der Waals surface area contributed by atoms with Crippen molar-refractivity contribution in [2.45, 2.75) is 44.8 Å². The second kappa shape index (κ2) is 7.75. The molecule has 3 atom stereocenters. The summed E-state index contributed by atoms with van der Waals surface area (Å²) < 4.78 is 11.6. The van der Waals surface area contributed by atoms with Crippen LogP contribution >= 0.6 is 0 Å². The van der Waals surface area contributed by atoms with Crippen molar-refractivity contribution in [3.8, 4) is 11.5 Å². The molecule has 2 amide bonds. The van der Waals surface area contributed by atoms with Crippen molar-refractivity contribution >= 4 is 11.8 Å². The predicted molar refractivity (Wildman–Crippen MR) is 102 cm³/mol. The van der Waals surface area contributed by atoms with Crippen molar-refractivity contribution in [3.05, 3.63) is 41.8 Å². The van der Waals surface area contributed by atoms with E-state index in [1.807, 2.05) is 42.2 Å². The summed E-state index contributed by atoms with van der Waals surface area (Å²) in [5.74, 6) is 0.662. The topological polar surface area (TPSA) is 98.7 Å². The fourth-order valence-electron chi connectivity index (χ4n) is 4.22. The van der Waals surface area contributed by atoms with Crippen LogP contribution in [0.3, 0.4) is 0 Å². The van der Waals surface area contributed by atoms with Gasteiger partial charge in [0.15, 0.2) is 0 Å². The molecule has 2 aliphatic rings. The Hall–Kier alpha value is -2.67. The second-order valence-electron chi connectivity index (χ2n) is 7.54. The van der Waals surface area contributed by atoms with Crippen LogP contribution in [0.25, 0.3) is 11.5 Å². The molecule has 7 heteroatoms. The number of oxazole rings is 1. The molecular formula is C21H25N3O4. The van der Waals surface area contributed by atoms with Gasteiger partial charge in [0.1, 0.15) is 5.76 Å². The first-order chi connectivity index (χ1) is 13.5. The molecular weight excluding hydrogens is 358 g/mol. The zero-order chi connectivity index (χ0) is 19.7. The number of fused-ring (bicyclic) bond motifs is 1. The lowest BCUT2D eigenvalue weighted by atomic mass is 9.81. The highest BCUT2D eigenvalue weighted by Gasteiger charge is 2.41. The van der Waals surface area contributed by atoms with E-state index in [0.717, 1.165) is 18.4 Å². The van der Waals surface area contributed by atoms with E-state index in [1.54, 1.807) is 0 Å². The molecule has 0 unspecified atom stereocenters. The van der Waals surface area contributed by atoms with Gasteiger partial charge in [-0.2, -0.15) is 0 Å². The van der Waals surface area contributed by atoms with Crippen LogP contribution in [0.4, 0.5) is 0 Å².